The van der Waals surface area contributed by atoms with Crippen LogP contribution in [-0.2, 0) is 19.6 Å². The van der Waals surface area contributed by atoms with Crippen molar-refractivity contribution in [2.45, 2.75) is 38.6 Å². The lowest BCUT2D eigenvalue weighted by atomic mass is 10.0. The first-order valence-electron chi connectivity index (χ1n) is 6.74. The number of carboxylic acids is 1. The number of carboxylic acid groups (broad SMARTS) is 1. The zero-order valence-electron chi connectivity index (χ0n) is 11.9. The topological polar surface area (TPSA) is 95.0 Å². The van der Waals surface area contributed by atoms with E-state index in [9.17, 15) is 18.0 Å². The molecule has 116 valence electrons. The predicted molar refractivity (Wildman–Crippen MR) is 73.7 cm³/mol. The van der Waals surface area contributed by atoms with Gasteiger partial charge in [0.1, 0.15) is 6.04 Å². The molecule has 0 aromatic carbocycles. The number of rotatable bonds is 6. The number of aliphatic carboxylic acids is 1. The highest BCUT2D eigenvalue weighted by molar-refractivity contribution is 7.88. The van der Waals surface area contributed by atoms with E-state index in [0.29, 0.717) is 19.5 Å². The largest absolute Gasteiger partial charge is 0.481 e. The van der Waals surface area contributed by atoms with Gasteiger partial charge in [0.05, 0.1) is 12.7 Å². The Bertz CT molecular complexity index is 462. The Balaban J connectivity index is 2.82. The number of piperidine rings is 1. The van der Waals surface area contributed by atoms with Crippen LogP contribution in [0.1, 0.15) is 32.6 Å². The Kier molecular flexibility index (Phi) is 5.94. The van der Waals surface area contributed by atoms with Gasteiger partial charge >= 0.3 is 5.97 Å². The third-order valence-corrected chi connectivity index (χ3v) is 4.74. The fourth-order valence-electron chi connectivity index (χ4n) is 2.41. The van der Waals surface area contributed by atoms with Gasteiger partial charge in [-0.15, -0.1) is 0 Å². The normalized spacial score (nSPS) is 20.6. The second kappa shape index (κ2) is 7.03. The first kappa shape index (κ1) is 16.9. The lowest BCUT2D eigenvalue weighted by molar-refractivity contribution is -0.140. The molecule has 7 nitrogen and oxygen atoms in total. The van der Waals surface area contributed by atoms with Crippen molar-refractivity contribution < 1.29 is 23.1 Å². The second-order valence-corrected chi connectivity index (χ2v) is 6.88. The summed E-state index contributed by atoms with van der Waals surface area (Å²) in [6.45, 7) is 2.60. The van der Waals surface area contributed by atoms with Crippen LogP contribution in [0.2, 0.25) is 0 Å². The molecule has 0 spiro atoms. The molecule has 1 heterocycles. The average molecular weight is 306 g/mol. The Hall–Kier alpha value is -1.15. The molecular weight excluding hydrogens is 284 g/mol. The van der Waals surface area contributed by atoms with E-state index in [0.717, 1.165) is 19.1 Å². The van der Waals surface area contributed by atoms with Gasteiger partial charge in [-0.25, -0.2) is 8.42 Å². The SMILES string of the molecule is CCN(CCC(=O)O)C(=O)[C@H]1CCCCN1S(C)(=O)=O. The highest BCUT2D eigenvalue weighted by Crippen LogP contribution is 2.21. The third kappa shape index (κ3) is 4.45. The lowest BCUT2D eigenvalue weighted by Gasteiger charge is -2.35. The number of carbonyl (C=O) groups excluding carboxylic acids is 1. The van der Waals surface area contributed by atoms with Crippen LogP contribution in [0, 0.1) is 0 Å². The maximum absolute atomic E-state index is 12.4. The van der Waals surface area contributed by atoms with Crippen LogP contribution in [0.25, 0.3) is 0 Å². The van der Waals surface area contributed by atoms with E-state index in [2.05, 4.69) is 0 Å². The number of hydrogen-bond acceptors (Lipinski definition) is 4. The fourth-order valence-corrected chi connectivity index (χ4v) is 3.53. The molecule has 1 rings (SSSR count). The molecule has 1 fully saturated rings. The summed E-state index contributed by atoms with van der Waals surface area (Å²) in [6, 6.07) is -0.688. The number of amides is 1. The molecule has 0 saturated carbocycles. The van der Waals surface area contributed by atoms with Crippen LogP contribution < -0.4 is 0 Å². The summed E-state index contributed by atoms with van der Waals surface area (Å²) < 4.78 is 24.7. The van der Waals surface area contributed by atoms with Crippen LogP contribution in [-0.4, -0.2) is 66.5 Å². The van der Waals surface area contributed by atoms with Crippen molar-refractivity contribution in [3.63, 3.8) is 0 Å². The molecular formula is C12H22N2O5S. The molecule has 1 N–H and O–H groups in total. The van der Waals surface area contributed by atoms with Crippen molar-refractivity contribution in [2.75, 3.05) is 25.9 Å². The van der Waals surface area contributed by atoms with Crippen molar-refractivity contribution in [3.8, 4) is 0 Å². The molecule has 20 heavy (non-hydrogen) atoms. The summed E-state index contributed by atoms with van der Waals surface area (Å²) in [5.74, 6) is -1.27. The maximum Gasteiger partial charge on any atom is 0.305 e. The van der Waals surface area contributed by atoms with Gasteiger partial charge in [0.15, 0.2) is 0 Å². The standard InChI is InChI=1S/C12H22N2O5S/c1-3-13(9-7-11(15)16)12(17)10-6-4-5-8-14(10)20(2,18)19/h10H,3-9H2,1-2H3,(H,15,16)/t10-/m1/s1. The van der Waals surface area contributed by atoms with E-state index in [1.165, 1.54) is 9.21 Å². The molecule has 1 aliphatic heterocycles. The van der Waals surface area contributed by atoms with Crippen LogP contribution in [0.5, 0.6) is 0 Å². The molecule has 0 radical (unpaired) electrons. The van der Waals surface area contributed by atoms with Gasteiger partial charge in [0.2, 0.25) is 15.9 Å². The fraction of sp³-hybridized carbons (Fsp3) is 0.833. The Labute approximate surface area is 119 Å². The van der Waals surface area contributed by atoms with E-state index >= 15 is 0 Å². The van der Waals surface area contributed by atoms with E-state index in [4.69, 9.17) is 5.11 Å². The number of hydrogen-bond donors (Lipinski definition) is 1. The van der Waals surface area contributed by atoms with Gasteiger partial charge in [-0.05, 0) is 19.8 Å². The molecule has 8 heteroatoms. The Morgan fingerprint density at radius 1 is 1.35 bits per heavy atom. The first-order chi connectivity index (χ1) is 9.27. The van der Waals surface area contributed by atoms with Gasteiger partial charge in [-0.1, -0.05) is 6.42 Å². The second-order valence-electron chi connectivity index (χ2n) is 4.95. The minimum absolute atomic E-state index is 0.110. The Morgan fingerprint density at radius 2 is 2.00 bits per heavy atom. The molecule has 1 saturated heterocycles. The van der Waals surface area contributed by atoms with Crippen molar-refractivity contribution in [1.29, 1.82) is 0 Å². The van der Waals surface area contributed by atoms with Crippen LogP contribution in [0.3, 0.4) is 0 Å². The molecule has 1 atom stereocenters. The number of sulfonamides is 1. The summed E-state index contributed by atoms with van der Waals surface area (Å²) in [5, 5.41) is 8.69. The van der Waals surface area contributed by atoms with Crippen LogP contribution in [0.4, 0.5) is 0 Å². The first-order valence-corrected chi connectivity index (χ1v) is 8.59. The summed E-state index contributed by atoms with van der Waals surface area (Å²) in [4.78, 5) is 24.4. The molecule has 0 aromatic rings. The third-order valence-electron chi connectivity index (χ3n) is 3.45. The quantitative estimate of drug-likeness (QED) is 0.752. The van der Waals surface area contributed by atoms with Gasteiger partial charge < -0.3 is 10.0 Å². The van der Waals surface area contributed by atoms with Gasteiger partial charge in [0.25, 0.3) is 0 Å². The van der Waals surface area contributed by atoms with E-state index in [1.54, 1.807) is 6.92 Å². The molecule has 1 aliphatic rings. The van der Waals surface area contributed by atoms with Crippen molar-refractivity contribution in [2.24, 2.45) is 0 Å². The van der Waals surface area contributed by atoms with Gasteiger partial charge in [-0.2, -0.15) is 4.31 Å². The van der Waals surface area contributed by atoms with Crippen molar-refractivity contribution in [3.05, 3.63) is 0 Å². The molecule has 0 aromatic heterocycles. The van der Waals surface area contributed by atoms with Gasteiger partial charge in [-0.3, -0.25) is 9.59 Å². The van der Waals surface area contributed by atoms with Crippen LogP contribution >= 0.6 is 0 Å². The van der Waals surface area contributed by atoms with E-state index in [1.807, 2.05) is 0 Å². The predicted octanol–water partition coefficient (Wildman–Crippen LogP) is 0.124. The molecule has 0 bridgehead atoms. The van der Waals surface area contributed by atoms with E-state index in [-0.39, 0.29) is 18.9 Å². The summed E-state index contributed by atoms with van der Waals surface area (Å²) >= 11 is 0. The molecule has 0 aliphatic carbocycles. The average Bonchev–Trinajstić information content (AvgIpc) is 2.38. The molecule has 0 unspecified atom stereocenters. The zero-order valence-corrected chi connectivity index (χ0v) is 12.7. The maximum atomic E-state index is 12.4. The summed E-state index contributed by atoms with van der Waals surface area (Å²) in [6.07, 6.45) is 3.02. The van der Waals surface area contributed by atoms with Crippen LogP contribution in [0.15, 0.2) is 0 Å². The highest BCUT2D eigenvalue weighted by atomic mass is 32.2. The number of carbonyl (C=O) groups is 2. The van der Waals surface area contributed by atoms with Crippen molar-refractivity contribution in [1.82, 2.24) is 9.21 Å². The molecule has 1 amide bonds. The lowest BCUT2D eigenvalue weighted by Crippen LogP contribution is -2.53. The highest BCUT2D eigenvalue weighted by Gasteiger charge is 2.36. The summed E-state index contributed by atoms with van der Waals surface area (Å²) in [5.41, 5.74) is 0. The van der Waals surface area contributed by atoms with Crippen molar-refractivity contribution >= 4 is 21.9 Å². The van der Waals surface area contributed by atoms with Gasteiger partial charge in [0, 0.05) is 19.6 Å². The number of likely N-dealkylation sites (N-methyl/N-ethyl adjacent to an activating group) is 1. The summed E-state index contributed by atoms with van der Waals surface area (Å²) in [7, 11) is -3.42. The monoisotopic (exact) mass is 306 g/mol. The van der Waals surface area contributed by atoms with E-state index < -0.39 is 22.0 Å². The Morgan fingerprint density at radius 3 is 2.50 bits per heavy atom. The number of nitrogens with zero attached hydrogens (tertiary/aromatic N) is 2. The minimum atomic E-state index is -3.42. The smallest absolute Gasteiger partial charge is 0.305 e. The minimum Gasteiger partial charge on any atom is -0.481 e. The zero-order chi connectivity index (χ0) is 15.3.